The standard InChI is InChI=1S/C15H22BrNO3S/c1-5-20-14(18)10-13(17-21(19)15(2,3)4)11-7-6-8-12(16)9-11/h6-9,13,17H,5,10H2,1-4H3/t13-,21?/m0/s1. The molecule has 0 fully saturated rings. The Bertz CT molecular complexity index is 514. The van der Waals surface area contributed by atoms with Crippen molar-refractivity contribution in [1.29, 1.82) is 0 Å². The zero-order valence-electron chi connectivity index (χ0n) is 12.8. The highest BCUT2D eigenvalue weighted by molar-refractivity contribution is 9.10. The molecular formula is C15H22BrNO3S. The van der Waals surface area contributed by atoms with Crippen molar-refractivity contribution < 1.29 is 13.7 Å². The van der Waals surface area contributed by atoms with Crippen molar-refractivity contribution in [3.8, 4) is 0 Å². The Hall–Kier alpha value is -0.720. The second-order valence-corrected chi connectivity index (χ2v) is 8.53. The number of esters is 1. The molecule has 2 atom stereocenters. The van der Waals surface area contributed by atoms with E-state index >= 15 is 0 Å². The highest BCUT2D eigenvalue weighted by Gasteiger charge is 2.25. The molecule has 1 rings (SSSR count). The van der Waals surface area contributed by atoms with E-state index in [1.807, 2.05) is 45.0 Å². The molecule has 6 heteroatoms. The number of rotatable bonds is 6. The molecule has 21 heavy (non-hydrogen) atoms. The molecule has 0 aliphatic rings. The second-order valence-electron chi connectivity index (χ2n) is 5.62. The number of nitrogens with one attached hydrogen (secondary N) is 1. The summed E-state index contributed by atoms with van der Waals surface area (Å²) in [4.78, 5) is 11.8. The third-order valence-electron chi connectivity index (χ3n) is 2.73. The first kappa shape index (κ1) is 18.3. The normalized spacial score (nSPS) is 14.5. The van der Waals surface area contributed by atoms with Gasteiger partial charge in [-0.25, -0.2) is 8.93 Å². The van der Waals surface area contributed by atoms with Crippen LogP contribution in [0.3, 0.4) is 0 Å². The van der Waals surface area contributed by atoms with Crippen LogP contribution in [0.1, 0.15) is 45.7 Å². The fraction of sp³-hybridized carbons (Fsp3) is 0.533. The molecule has 0 aliphatic carbocycles. The summed E-state index contributed by atoms with van der Waals surface area (Å²) in [5.74, 6) is -0.305. The van der Waals surface area contributed by atoms with Crippen molar-refractivity contribution in [2.45, 2.75) is 44.9 Å². The Morgan fingerprint density at radius 2 is 2.10 bits per heavy atom. The van der Waals surface area contributed by atoms with Gasteiger partial charge in [-0.2, -0.15) is 0 Å². The van der Waals surface area contributed by atoms with E-state index < -0.39 is 15.7 Å². The zero-order chi connectivity index (χ0) is 16.0. The number of halogens is 1. The molecule has 0 spiro atoms. The van der Waals surface area contributed by atoms with Crippen molar-refractivity contribution in [2.75, 3.05) is 6.61 Å². The molecule has 0 saturated carbocycles. The Labute approximate surface area is 137 Å². The van der Waals surface area contributed by atoms with Crippen LogP contribution in [0.4, 0.5) is 0 Å². The first-order valence-corrected chi connectivity index (χ1v) is 8.77. The monoisotopic (exact) mass is 375 g/mol. The molecule has 1 aromatic carbocycles. The van der Waals surface area contributed by atoms with E-state index in [1.165, 1.54) is 0 Å². The summed E-state index contributed by atoms with van der Waals surface area (Å²) in [7, 11) is -1.27. The number of carbonyl (C=O) groups is 1. The van der Waals surface area contributed by atoms with Gasteiger partial charge in [-0.1, -0.05) is 28.1 Å². The maximum atomic E-state index is 12.3. The fourth-order valence-electron chi connectivity index (χ4n) is 1.64. The van der Waals surface area contributed by atoms with Gasteiger partial charge in [0.1, 0.15) is 0 Å². The molecule has 0 radical (unpaired) electrons. The Balaban J connectivity index is 2.94. The molecule has 4 nitrogen and oxygen atoms in total. The highest BCUT2D eigenvalue weighted by Crippen LogP contribution is 2.23. The quantitative estimate of drug-likeness (QED) is 0.774. The van der Waals surface area contributed by atoms with Gasteiger partial charge in [-0.3, -0.25) is 4.79 Å². The van der Waals surface area contributed by atoms with Crippen molar-refractivity contribution >= 4 is 32.9 Å². The van der Waals surface area contributed by atoms with E-state index in [9.17, 15) is 9.00 Å². The van der Waals surface area contributed by atoms with Crippen LogP contribution in [0.15, 0.2) is 28.7 Å². The van der Waals surface area contributed by atoms with Crippen molar-refractivity contribution in [2.24, 2.45) is 0 Å². The van der Waals surface area contributed by atoms with Crippen LogP contribution in [0.5, 0.6) is 0 Å². The molecule has 0 aliphatic heterocycles. The summed E-state index contributed by atoms with van der Waals surface area (Å²) < 4.78 is 20.9. The van der Waals surface area contributed by atoms with Crippen LogP contribution in [0.25, 0.3) is 0 Å². The van der Waals surface area contributed by atoms with Crippen LogP contribution >= 0.6 is 15.9 Å². The van der Waals surface area contributed by atoms with Gasteiger partial charge in [-0.15, -0.1) is 0 Å². The van der Waals surface area contributed by atoms with Gasteiger partial charge in [0.05, 0.1) is 34.8 Å². The molecule has 1 N–H and O–H groups in total. The Morgan fingerprint density at radius 1 is 1.43 bits per heavy atom. The maximum Gasteiger partial charge on any atom is 0.307 e. The molecular weight excluding hydrogens is 354 g/mol. The highest BCUT2D eigenvalue weighted by atomic mass is 79.9. The maximum absolute atomic E-state index is 12.3. The van der Waals surface area contributed by atoms with E-state index in [0.717, 1.165) is 10.0 Å². The van der Waals surface area contributed by atoms with Crippen LogP contribution in [0.2, 0.25) is 0 Å². The summed E-state index contributed by atoms with van der Waals surface area (Å²) in [6.07, 6.45) is 0.145. The average molecular weight is 376 g/mol. The first-order chi connectivity index (χ1) is 9.74. The fourth-order valence-corrected chi connectivity index (χ4v) is 2.89. The molecule has 1 unspecified atom stereocenters. The lowest BCUT2D eigenvalue weighted by atomic mass is 10.1. The number of carbonyl (C=O) groups excluding carboxylic acids is 1. The molecule has 118 valence electrons. The second kappa shape index (κ2) is 8.06. The zero-order valence-corrected chi connectivity index (χ0v) is 15.2. The lowest BCUT2D eigenvalue weighted by Gasteiger charge is -2.24. The van der Waals surface area contributed by atoms with Crippen LogP contribution in [-0.2, 0) is 20.5 Å². The van der Waals surface area contributed by atoms with Crippen molar-refractivity contribution in [1.82, 2.24) is 4.72 Å². The van der Waals surface area contributed by atoms with Gasteiger partial charge < -0.3 is 4.74 Å². The van der Waals surface area contributed by atoms with Gasteiger partial charge >= 0.3 is 5.97 Å². The van der Waals surface area contributed by atoms with Gasteiger partial charge in [0.15, 0.2) is 0 Å². The predicted octanol–water partition coefficient (Wildman–Crippen LogP) is 3.50. The van der Waals surface area contributed by atoms with Gasteiger partial charge in [-0.05, 0) is 45.4 Å². The Morgan fingerprint density at radius 3 is 2.62 bits per heavy atom. The number of hydrogen-bond acceptors (Lipinski definition) is 3. The van der Waals surface area contributed by atoms with Gasteiger partial charge in [0.2, 0.25) is 0 Å². The smallest absolute Gasteiger partial charge is 0.307 e. The molecule has 0 heterocycles. The predicted molar refractivity (Wildman–Crippen MR) is 89.2 cm³/mol. The minimum absolute atomic E-state index is 0.145. The summed E-state index contributed by atoms with van der Waals surface area (Å²) in [5.41, 5.74) is 0.898. The summed E-state index contributed by atoms with van der Waals surface area (Å²) in [6.45, 7) is 7.77. The average Bonchev–Trinajstić information content (AvgIpc) is 2.37. The van der Waals surface area contributed by atoms with E-state index in [1.54, 1.807) is 6.92 Å². The minimum Gasteiger partial charge on any atom is -0.466 e. The van der Waals surface area contributed by atoms with Crippen molar-refractivity contribution in [3.63, 3.8) is 0 Å². The van der Waals surface area contributed by atoms with E-state index in [-0.39, 0.29) is 18.4 Å². The van der Waals surface area contributed by atoms with E-state index in [2.05, 4.69) is 20.7 Å². The summed E-state index contributed by atoms with van der Waals surface area (Å²) >= 11 is 3.41. The molecule has 0 bridgehead atoms. The SMILES string of the molecule is CCOC(=O)C[C@H](NS(=O)C(C)(C)C)c1cccc(Br)c1. The topological polar surface area (TPSA) is 55.4 Å². The molecule has 0 aromatic heterocycles. The Kier molecular flexibility index (Phi) is 7.03. The molecule has 0 amide bonds. The third-order valence-corrected chi connectivity index (χ3v) is 4.84. The number of ether oxygens (including phenoxy) is 1. The molecule has 1 aromatic rings. The van der Waals surface area contributed by atoms with Crippen LogP contribution < -0.4 is 4.72 Å². The van der Waals surface area contributed by atoms with Crippen molar-refractivity contribution in [3.05, 3.63) is 34.3 Å². The van der Waals surface area contributed by atoms with Crippen LogP contribution in [0, 0.1) is 0 Å². The van der Waals surface area contributed by atoms with Gasteiger partial charge in [0, 0.05) is 4.47 Å². The summed E-state index contributed by atoms with van der Waals surface area (Å²) in [5, 5.41) is 0. The number of benzene rings is 1. The van der Waals surface area contributed by atoms with E-state index in [4.69, 9.17) is 4.74 Å². The minimum atomic E-state index is -1.27. The lowest BCUT2D eigenvalue weighted by molar-refractivity contribution is -0.143. The van der Waals surface area contributed by atoms with Gasteiger partial charge in [0.25, 0.3) is 0 Å². The third kappa shape index (κ3) is 6.28. The lowest BCUT2D eigenvalue weighted by Crippen LogP contribution is -2.36. The van der Waals surface area contributed by atoms with Crippen LogP contribution in [-0.4, -0.2) is 21.5 Å². The summed E-state index contributed by atoms with van der Waals surface area (Å²) in [6, 6.07) is 7.27. The largest absolute Gasteiger partial charge is 0.466 e. The first-order valence-electron chi connectivity index (χ1n) is 6.83. The number of hydrogen-bond donors (Lipinski definition) is 1. The van der Waals surface area contributed by atoms with E-state index in [0.29, 0.717) is 6.61 Å². The molecule has 0 saturated heterocycles.